The molecule has 0 aromatic heterocycles. The van der Waals surface area contributed by atoms with Crippen LogP contribution in [0.1, 0.15) is 180 Å². The van der Waals surface area contributed by atoms with Gasteiger partial charge in [0.1, 0.15) is 0 Å². The van der Waals surface area contributed by atoms with Crippen molar-refractivity contribution in [3.63, 3.8) is 0 Å². The van der Waals surface area contributed by atoms with Gasteiger partial charge in [0.25, 0.3) is 6.71 Å². The van der Waals surface area contributed by atoms with Crippen molar-refractivity contribution in [1.82, 2.24) is 0 Å². The molecule has 0 spiro atoms. The summed E-state index contributed by atoms with van der Waals surface area (Å²) in [6.45, 7) is 36.9. The van der Waals surface area contributed by atoms with Crippen molar-refractivity contribution in [1.29, 1.82) is 0 Å². The second-order valence-corrected chi connectivity index (χ2v) is 27.0. The lowest BCUT2D eigenvalue weighted by atomic mass is 9.32. The van der Waals surface area contributed by atoms with Crippen LogP contribution in [0.2, 0.25) is 0 Å². The van der Waals surface area contributed by atoms with Crippen LogP contribution in [0, 0.1) is 13.8 Å². The largest absolute Gasteiger partial charge is 0.335 e. The van der Waals surface area contributed by atoms with E-state index in [1.165, 1.54) is 140 Å². The standard InChI is InChI=1S/C66H78BN3/c1-41-35-42(2)57-59-56(41)64(13)32-20-22-34-66(64,15)70(59)55-40-47(69-52-29-26-45(61(6,7)8)37-49(52)63(12)31-19-21-33-65(63,69)14)39-54-58(55)67(57)50-38-46(62(9,10)11)27-30-53(50)68(54)51-28-25-44(60(3,4)5)36-48(51)43-23-17-16-18-24-43/h16-18,23-30,35-40H,19-22,31-34H2,1-15H3. The monoisotopic (exact) mass is 924 g/mol. The lowest BCUT2D eigenvalue weighted by Crippen LogP contribution is -2.65. The molecule has 0 saturated heterocycles. The second kappa shape index (κ2) is 14.7. The summed E-state index contributed by atoms with van der Waals surface area (Å²) in [5.41, 5.74) is 26.6. The normalized spacial score (nSPS) is 25.3. The van der Waals surface area contributed by atoms with Crippen molar-refractivity contribution in [3.05, 3.63) is 142 Å². The summed E-state index contributed by atoms with van der Waals surface area (Å²) in [4.78, 5) is 8.61. The number of fused-ring (bicyclic) bond motifs is 10. The molecule has 4 unspecified atom stereocenters. The van der Waals surface area contributed by atoms with Crippen molar-refractivity contribution in [2.24, 2.45) is 0 Å². The summed E-state index contributed by atoms with van der Waals surface area (Å²) in [5.74, 6) is 0. The zero-order valence-electron chi connectivity index (χ0n) is 45.4. The van der Waals surface area contributed by atoms with Crippen molar-refractivity contribution in [3.8, 4) is 11.1 Å². The highest BCUT2D eigenvalue weighted by Crippen LogP contribution is 2.65. The summed E-state index contributed by atoms with van der Waals surface area (Å²) in [7, 11) is 0. The molecule has 6 aromatic rings. The van der Waals surface area contributed by atoms with E-state index in [1.54, 1.807) is 11.1 Å². The Hall–Kier alpha value is -5.22. The molecule has 0 amide bonds. The molecule has 0 radical (unpaired) electrons. The third kappa shape index (κ3) is 6.00. The SMILES string of the molecule is Cc1cc(C)c2c3c1B1c4cc(C(C)(C)C)ccc4N(c4ccc(C(C)(C)C)cc4-c4ccccc4)c4cc(N5c6ccc(C(C)(C)C)cc6C6(C)CCCCC56C)cc(c41)N3C1(C)CCCCC21C. The van der Waals surface area contributed by atoms with E-state index in [0.29, 0.717) is 0 Å². The third-order valence-corrected chi connectivity index (χ3v) is 19.8. The fraction of sp³-hybridized carbons (Fsp3) is 0.455. The molecule has 12 rings (SSSR count). The molecule has 4 aliphatic heterocycles. The first-order valence-corrected chi connectivity index (χ1v) is 27.1. The highest BCUT2D eigenvalue weighted by molar-refractivity contribution is 7.00. The Morgan fingerprint density at radius 2 is 1.01 bits per heavy atom. The van der Waals surface area contributed by atoms with Crippen LogP contribution in [0.4, 0.5) is 39.8 Å². The van der Waals surface area contributed by atoms with E-state index in [2.05, 4.69) is 222 Å². The zero-order valence-corrected chi connectivity index (χ0v) is 45.4. The molecule has 6 aromatic carbocycles. The number of hydrogen-bond acceptors (Lipinski definition) is 3. The number of benzene rings is 6. The molecular weight excluding hydrogens is 846 g/mol. The molecule has 0 N–H and O–H groups in total. The Labute approximate surface area is 422 Å². The fourth-order valence-electron chi connectivity index (χ4n) is 15.5. The van der Waals surface area contributed by atoms with Crippen LogP contribution in [0.25, 0.3) is 11.1 Å². The first kappa shape index (κ1) is 45.9. The quantitative estimate of drug-likeness (QED) is 0.164. The average Bonchev–Trinajstić information content (AvgIpc) is 3.65. The van der Waals surface area contributed by atoms with Crippen LogP contribution in [0.5, 0.6) is 0 Å². The maximum absolute atomic E-state index is 2.98. The van der Waals surface area contributed by atoms with Gasteiger partial charge in [-0.2, -0.15) is 0 Å². The molecule has 3 nitrogen and oxygen atoms in total. The minimum Gasteiger partial charge on any atom is -0.335 e. The molecule has 2 saturated carbocycles. The summed E-state index contributed by atoms with van der Waals surface area (Å²) in [5, 5.41) is 0. The van der Waals surface area contributed by atoms with Gasteiger partial charge in [0, 0.05) is 50.5 Å². The molecule has 70 heavy (non-hydrogen) atoms. The number of hydrogen-bond donors (Lipinski definition) is 0. The summed E-state index contributed by atoms with van der Waals surface area (Å²) >= 11 is 0. The maximum atomic E-state index is 2.98. The van der Waals surface area contributed by atoms with E-state index in [9.17, 15) is 0 Å². The fourth-order valence-corrected chi connectivity index (χ4v) is 15.5. The van der Waals surface area contributed by atoms with Crippen LogP contribution < -0.4 is 31.1 Å². The first-order chi connectivity index (χ1) is 32.9. The minimum atomic E-state index is -0.105. The zero-order chi connectivity index (χ0) is 49.5. The van der Waals surface area contributed by atoms with Gasteiger partial charge in [-0.15, -0.1) is 0 Å². The lowest BCUT2D eigenvalue weighted by molar-refractivity contribution is 0.193. The van der Waals surface area contributed by atoms with Gasteiger partial charge in [-0.25, -0.2) is 0 Å². The first-order valence-electron chi connectivity index (χ1n) is 27.1. The van der Waals surface area contributed by atoms with Crippen molar-refractivity contribution in [2.45, 2.75) is 193 Å². The van der Waals surface area contributed by atoms with Crippen LogP contribution in [0.15, 0.2) is 103 Å². The smallest absolute Gasteiger partial charge is 0.252 e. The highest BCUT2D eigenvalue weighted by Gasteiger charge is 2.63. The van der Waals surface area contributed by atoms with Crippen LogP contribution in [-0.2, 0) is 27.1 Å². The average molecular weight is 924 g/mol. The van der Waals surface area contributed by atoms with Crippen molar-refractivity contribution >= 4 is 62.9 Å². The molecule has 360 valence electrons. The molecule has 2 fully saturated rings. The van der Waals surface area contributed by atoms with Crippen LogP contribution in [0.3, 0.4) is 0 Å². The van der Waals surface area contributed by atoms with E-state index in [0.717, 1.165) is 6.42 Å². The van der Waals surface area contributed by atoms with Crippen molar-refractivity contribution < 1.29 is 0 Å². The predicted molar refractivity (Wildman–Crippen MR) is 302 cm³/mol. The number of nitrogens with zero attached hydrogens (tertiary/aromatic N) is 3. The molecule has 2 aliphatic carbocycles. The number of aryl methyl sites for hydroxylation is 2. The number of rotatable bonds is 3. The molecule has 4 heteroatoms. The summed E-state index contributed by atoms with van der Waals surface area (Å²) in [6.07, 6.45) is 9.81. The Morgan fingerprint density at radius 3 is 1.66 bits per heavy atom. The summed E-state index contributed by atoms with van der Waals surface area (Å²) < 4.78 is 0. The Kier molecular flexibility index (Phi) is 9.64. The molecule has 4 heterocycles. The maximum Gasteiger partial charge on any atom is 0.252 e. The van der Waals surface area contributed by atoms with Gasteiger partial charge in [0.05, 0.1) is 16.8 Å². The van der Waals surface area contributed by atoms with Gasteiger partial charge in [-0.05, 0) is 161 Å². The topological polar surface area (TPSA) is 9.72 Å². The van der Waals surface area contributed by atoms with E-state index < -0.39 is 0 Å². The predicted octanol–water partition coefficient (Wildman–Crippen LogP) is 16.0. The number of anilines is 7. The minimum absolute atomic E-state index is 0.00593. The Morgan fingerprint density at radius 1 is 0.471 bits per heavy atom. The molecular formula is C66H78BN3. The van der Waals surface area contributed by atoms with Gasteiger partial charge in [0.15, 0.2) is 0 Å². The van der Waals surface area contributed by atoms with Crippen LogP contribution in [-0.4, -0.2) is 17.8 Å². The highest BCUT2D eigenvalue weighted by atomic mass is 15.3. The lowest BCUT2D eigenvalue weighted by Gasteiger charge is -2.54. The van der Waals surface area contributed by atoms with Crippen molar-refractivity contribution in [2.75, 3.05) is 14.7 Å². The second-order valence-electron chi connectivity index (χ2n) is 27.0. The molecule has 4 atom stereocenters. The van der Waals surface area contributed by atoms with Gasteiger partial charge >= 0.3 is 0 Å². The van der Waals surface area contributed by atoms with E-state index >= 15 is 0 Å². The molecule has 6 aliphatic rings. The van der Waals surface area contributed by atoms with Gasteiger partial charge < -0.3 is 14.7 Å². The molecule has 0 bridgehead atoms. The Balaban J connectivity index is 1.24. The Bertz CT molecular complexity index is 3180. The van der Waals surface area contributed by atoms with Crippen LogP contribution >= 0.6 is 0 Å². The summed E-state index contributed by atoms with van der Waals surface area (Å²) in [6, 6.07) is 41.8. The van der Waals surface area contributed by atoms with Gasteiger partial charge in [-0.3, -0.25) is 0 Å². The third-order valence-electron chi connectivity index (χ3n) is 19.8. The van der Waals surface area contributed by atoms with E-state index in [-0.39, 0.29) is 44.9 Å². The van der Waals surface area contributed by atoms with E-state index in [1.807, 2.05) is 0 Å². The van der Waals surface area contributed by atoms with Gasteiger partial charge in [-0.1, -0.05) is 174 Å². The van der Waals surface area contributed by atoms with Gasteiger partial charge in [0.2, 0.25) is 0 Å². The van der Waals surface area contributed by atoms with E-state index in [4.69, 9.17) is 0 Å².